The fourth-order valence-corrected chi connectivity index (χ4v) is 3.82. The van der Waals surface area contributed by atoms with E-state index >= 15 is 0 Å². The number of phenolic OH excluding ortho intramolecular Hbond substituents is 1. The van der Waals surface area contributed by atoms with Gasteiger partial charge in [-0.15, -0.1) is 0 Å². The minimum atomic E-state index is -1.54. The standard InChI is InChI=1S/C24H24BrNO4/c1-16(26-15-17-14-18(25)12-13-21(17)27)24(28,19-8-4-6-10-22(19)29-2)20-9-5-7-11-23(20)30-3/h4-16,27-28H,1-3H3. The molecule has 0 amide bonds. The highest BCUT2D eigenvalue weighted by Crippen LogP contribution is 2.43. The number of halogens is 1. The molecule has 3 rings (SSSR count). The molecular weight excluding hydrogens is 446 g/mol. The molecule has 3 aromatic carbocycles. The first-order valence-electron chi connectivity index (χ1n) is 9.42. The zero-order chi connectivity index (χ0) is 21.7. The first kappa shape index (κ1) is 21.9. The van der Waals surface area contributed by atoms with Crippen molar-refractivity contribution < 1.29 is 19.7 Å². The van der Waals surface area contributed by atoms with Gasteiger partial charge in [0, 0.05) is 27.4 Å². The van der Waals surface area contributed by atoms with Crippen LogP contribution in [0.15, 0.2) is 76.2 Å². The maximum atomic E-state index is 12.1. The van der Waals surface area contributed by atoms with Gasteiger partial charge in [0.05, 0.1) is 20.3 Å². The number of aromatic hydroxyl groups is 1. The monoisotopic (exact) mass is 469 g/mol. The normalized spacial score (nSPS) is 12.7. The average molecular weight is 470 g/mol. The van der Waals surface area contributed by atoms with Crippen LogP contribution < -0.4 is 9.47 Å². The lowest BCUT2D eigenvalue weighted by molar-refractivity contribution is 0.0538. The maximum Gasteiger partial charge on any atom is 0.144 e. The average Bonchev–Trinajstić information content (AvgIpc) is 2.78. The molecule has 0 saturated heterocycles. The van der Waals surface area contributed by atoms with E-state index in [0.717, 1.165) is 4.47 Å². The Hall–Kier alpha value is -2.83. The quantitative estimate of drug-likeness (QED) is 0.482. The SMILES string of the molecule is COc1ccccc1C(O)(c1ccccc1OC)C(C)N=Cc1cc(Br)ccc1O. The van der Waals surface area contributed by atoms with Gasteiger partial charge in [0.1, 0.15) is 22.8 Å². The van der Waals surface area contributed by atoms with Gasteiger partial charge in [0.25, 0.3) is 0 Å². The van der Waals surface area contributed by atoms with Crippen LogP contribution in [0.4, 0.5) is 0 Å². The van der Waals surface area contributed by atoms with E-state index in [1.165, 1.54) is 0 Å². The van der Waals surface area contributed by atoms with Crippen LogP contribution in [0.5, 0.6) is 17.2 Å². The number of ether oxygens (including phenoxy) is 2. The van der Waals surface area contributed by atoms with E-state index in [4.69, 9.17) is 9.47 Å². The lowest BCUT2D eigenvalue weighted by Gasteiger charge is -2.35. The first-order valence-corrected chi connectivity index (χ1v) is 10.2. The summed E-state index contributed by atoms with van der Waals surface area (Å²) in [5, 5.41) is 22.2. The zero-order valence-corrected chi connectivity index (χ0v) is 18.6. The molecular formula is C24H24BrNO4. The van der Waals surface area contributed by atoms with Crippen molar-refractivity contribution in [1.82, 2.24) is 0 Å². The Labute approximate surface area is 184 Å². The smallest absolute Gasteiger partial charge is 0.144 e. The van der Waals surface area contributed by atoms with E-state index in [-0.39, 0.29) is 5.75 Å². The van der Waals surface area contributed by atoms with Crippen LogP contribution >= 0.6 is 15.9 Å². The molecule has 30 heavy (non-hydrogen) atoms. The Morgan fingerprint density at radius 1 is 0.933 bits per heavy atom. The molecule has 0 aliphatic carbocycles. The summed E-state index contributed by atoms with van der Waals surface area (Å²) in [7, 11) is 3.13. The van der Waals surface area contributed by atoms with E-state index < -0.39 is 11.6 Å². The number of rotatable bonds is 7. The zero-order valence-electron chi connectivity index (χ0n) is 17.0. The number of hydrogen-bond donors (Lipinski definition) is 2. The van der Waals surface area contributed by atoms with Gasteiger partial charge >= 0.3 is 0 Å². The predicted octanol–water partition coefficient (Wildman–Crippen LogP) is 4.92. The number of phenols is 1. The minimum absolute atomic E-state index is 0.104. The number of aliphatic hydroxyl groups is 1. The Morgan fingerprint density at radius 2 is 1.47 bits per heavy atom. The van der Waals surface area contributed by atoms with Crippen molar-refractivity contribution in [3.63, 3.8) is 0 Å². The second kappa shape index (κ2) is 9.32. The first-order chi connectivity index (χ1) is 14.4. The molecule has 1 unspecified atom stereocenters. The van der Waals surface area contributed by atoms with E-state index in [9.17, 15) is 10.2 Å². The largest absolute Gasteiger partial charge is 0.507 e. The van der Waals surface area contributed by atoms with Crippen molar-refractivity contribution >= 4 is 22.1 Å². The summed E-state index contributed by atoms with van der Waals surface area (Å²) in [5.41, 5.74) is 0.135. The summed E-state index contributed by atoms with van der Waals surface area (Å²) in [4.78, 5) is 4.61. The summed E-state index contributed by atoms with van der Waals surface area (Å²) in [6, 6.07) is 19.1. The van der Waals surface area contributed by atoms with Crippen LogP contribution in [0.1, 0.15) is 23.6 Å². The molecule has 0 aromatic heterocycles. The van der Waals surface area contributed by atoms with Crippen LogP contribution in [-0.4, -0.2) is 36.7 Å². The van der Waals surface area contributed by atoms with Crippen molar-refractivity contribution in [2.24, 2.45) is 4.99 Å². The molecule has 0 spiro atoms. The maximum absolute atomic E-state index is 12.1. The fraction of sp³-hybridized carbons (Fsp3) is 0.208. The summed E-state index contributed by atoms with van der Waals surface area (Å²) in [5.74, 6) is 1.18. The van der Waals surface area contributed by atoms with E-state index in [1.54, 1.807) is 50.8 Å². The van der Waals surface area contributed by atoms with Crippen LogP contribution in [0.2, 0.25) is 0 Å². The molecule has 0 aliphatic rings. The van der Waals surface area contributed by atoms with Crippen LogP contribution in [0.3, 0.4) is 0 Å². The van der Waals surface area contributed by atoms with Crippen molar-refractivity contribution in [2.75, 3.05) is 14.2 Å². The number of methoxy groups -OCH3 is 2. The third-order valence-electron chi connectivity index (χ3n) is 5.07. The molecule has 0 saturated carbocycles. The van der Waals surface area contributed by atoms with Gasteiger partial charge in [-0.2, -0.15) is 0 Å². The topological polar surface area (TPSA) is 71.3 Å². The predicted molar refractivity (Wildman–Crippen MR) is 122 cm³/mol. The number of aliphatic imine (C=N–C) groups is 1. The van der Waals surface area contributed by atoms with Crippen LogP contribution in [0, 0.1) is 0 Å². The van der Waals surface area contributed by atoms with Gasteiger partial charge in [-0.05, 0) is 37.3 Å². The summed E-state index contributed by atoms with van der Waals surface area (Å²) in [6.07, 6.45) is 1.56. The van der Waals surface area contributed by atoms with Crippen LogP contribution in [0.25, 0.3) is 0 Å². The molecule has 0 heterocycles. The van der Waals surface area contributed by atoms with Gasteiger partial charge in [-0.1, -0.05) is 52.3 Å². The lowest BCUT2D eigenvalue weighted by Crippen LogP contribution is -2.38. The third-order valence-corrected chi connectivity index (χ3v) is 5.56. The summed E-state index contributed by atoms with van der Waals surface area (Å²) >= 11 is 3.40. The molecule has 6 heteroatoms. The molecule has 0 fully saturated rings. The van der Waals surface area contributed by atoms with Gasteiger partial charge in [-0.3, -0.25) is 4.99 Å². The van der Waals surface area contributed by atoms with Crippen molar-refractivity contribution in [3.8, 4) is 17.2 Å². The lowest BCUT2D eigenvalue weighted by atomic mass is 9.80. The van der Waals surface area contributed by atoms with E-state index in [2.05, 4.69) is 20.9 Å². The third kappa shape index (κ3) is 4.20. The van der Waals surface area contributed by atoms with Crippen LogP contribution in [-0.2, 0) is 5.60 Å². The van der Waals surface area contributed by atoms with Crippen molar-refractivity contribution in [1.29, 1.82) is 0 Å². The van der Waals surface area contributed by atoms with Gasteiger partial charge in [0.15, 0.2) is 0 Å². The second-order valence-electron chi connectivity index (χ2n) is 6.82. The highest BCUT2D eigenvalue weighted by molar-refractivity contribution is 9.10. The number of hydrogen-bond acceptors (Lipinski definition) is 5. The Bertz CT molecular complexity index is 1000. The highest BCUT2D eigenvalue weighted by Gasteiger charge is 2.42. The summed E-state index contributed by atoms with van der Waals surface area (Å²) in [6.45, 7) is 1.81. The van der Waals surface area contributed by atoms with Gasteiger partial charge in [0.2, 0.25) is 0 Å². The van der Waals surface area contributed by atoms with E-state index in [0.29, 0.717) is 28.2 Å². The molecule has 156 valence electrons. The van der Waals surface area contributed by atoms with Gasteiger partial charge in [-0.25, -0.2) is 0 Å². The second-order valence-corrected chi connectivity index (χ2v) is 7.74. The Kier molecular flexibility index (Phi) is 6.80. The van der Waals surface area contributed by atoms with Crippen molar-refractivity contribution in [2.45, 2.75) is 18.6 Å². The number of nitrogens with zero attached hydrogens (tertiary/aromatic N) is 1. The molecule has 3 aromatic rings. The Balaban J connectivity index is 2.16. The van der Waals surface area contributed by atoms with Gasteiger partial charge < -0.3 is 19.7 Å². The fourth-order valence-electron chi connectivity index (χ4n) is 3.44. The molecule has 0 bridgehead atoms. The molecule has 1 atom stereocenters. The molecule has 2 N–H and O–H groups in total. The van der Waals surface area contributed by atoms with Crippen molar-refractivity contribution in [3.05, 3.63) is 87.9 Å². The molecule has 0 radical (unpaired) electrons. The molecule has 5 nitrogen and oxygen atoms in total. The number of benzene rings is 3. The highest BCUT2D eigenvalue weighted by atomic mass is 79.9. The summed E-state index contributed by atoms with van der Waals surface area (Å²) < 4.78 is 11.9. The molecule has 0 aliphatic heterocycles. The Morgan fingerprint density at radius 3 is 2.00 bits per heavy atom. The van der Waals surface area contributed by atoms with E-state index in [1.807, 2.05) is 43.3 Å². The minimum Gasteiger partial charge on any atom is -0.507 e. The number of para-hydroxylation sites is 2.